The fourth-order valence-electron chi connectivity index (χ4n) is 2.29. The van der Waals surface area contributed by atoms with Crippen LogP contribution in [0.25, 0.3) is 0 Å². The van der Waals surface area contributed by atoms with Crippen molar-refractivity contribution in [1.82, 2.24) is 13.5 Å². The van der Waals surface area contributed by atoms with Gasteiger partial charge in [-0.1, -0.05) is 0 Å². The van der Waals surface area contributed by atoms with Crippen LogP contribution in [0.15, 0.2) is 0 Å². The Morgan fingerprint density at radius 1 is 1.26 bits per heavy atom. The Balaban J connectivity index is 2.70. The zero-order chi connectivity index (χ0) is 15.0. The quantitative estimate of drug-likeness (QED) is 0.752. The number of hydrogen-bond donors (Lipinski definition) is 0. The maximum Gasteiger partial charge on any atom is 0.281 e. The average Bonchev–Trinajstić information content (AvgIpc) is 2.58. The summed E-state index contributed by atoms with van der Waals surface area (Å²) in [5.74, 6) is 0.166. The standard InChI is InChI=1S/C12H25N3O3S/c1-12(2,3)15-9-10(7-11(15)16)8-14(6)19(17,18)13(4)5/h10H,7-9H2,1-6H3. The van der Waals surface area contributed by atoms with E-state index in [-0.39, 0.29) is 17.4 Å². The van der Waals surface area contributed by atoms with E-state index in [9.17, 15) is 13.2 Å². The molecule has 1 saturated heterocycles. The van der Waals surface area contributed by atoms with Crippen LogP contribution < -0.4 is 0 Å². The Kier molecular flexibility index (Phi) is 4.64. The van der Waals surface area contributed by atoms with Crippen LogP contribution >= 0.6 is 0 Å². The molecule has 0 N–H and O–H groups in total. The second-order valence-corrected chi connectivity index (χ2v) is 8.57. The Labute approximate surface area is 116 Å². The average molecular weight is 291 g/mol. The second kappa shape index (κ2) is 5.38. The first kappa shape index (κ1) is 16.4. The molecule has 0 aromatic rings. The summed E-state index contributed by atoms with van der Waals surface area (Å²) < 4.78 is 26.4. The Bertz CT molecular complexity index is 440. The third-order valence-corrected chi connectivity index (χ3v) is 5.25. The van der Waals surface area contributed by atoms with Crippen molar-refractivity contribution in [3.05, 3.63) is 0 Å². The summed E-state index contributed by atoms with van der Waals surface area (Å²) in [7, 11) is 1.17. The Hall–Kier alpha value is -0.660. The van der Waals surface area contributed by atoms with Gasteiger partial charge in [0.1, 0.15) is 0 Å². The smallest absolute Gasteiger partial charge is 0.281 e. The van der Waals surface area contributed by atoms with E-state index in [2.05, 4.69) is 0 Å². The molecule has 1 heterocycles. The van der Waals surface area contributed by atoms with Crippen molar-refractivity contribution in [2.45, 2.75) is 32.7 Å². The summed E-state index contributed by atoms with van der Waals surface area (Å²) in [6.45, 7) is 6.98. The molecule has 0 aromatic carbocycles. The minimum absolute atomic E-state index is 0.0615. The normalized spacial score (nSPS) is 21.8. The van der Waals surface area contributed by atoms with Crippen molar-refractivity contribution < 1.29 is 13.2 Å². The topological polar surface area (TPSA) is 60.9 Å². The zero-order valence-electron chi connectivity index (χ0n) is 12.7. The van der Waals surface area contributed by atoms with Crippen LogP contribution in [-0.4, -0.2) is 67.6 Å². The van der Waals surface area contributed by atoms with Gasteiger partial charge in [-0.2, -0.15) is 17.0 Å². The predicted molar refractivity (Wildman–Crippen MR) is 74.8 cm³/mol. The number of rotatable bonds is 4. The van der Waals surface area contributed by atoms with Crippen LogP contribution in [0.4, 0.5) is 0 Å². The SMILES string of the molecule is CN(C)S(=O)(=O)N(C)CC1CC(=O)N(C(C)(C)C)C1. The largest absolute Gasteiger partial charge is 0.338 e. The molecule has 0 spiro atoms. The first-order valence-electron chi connectivity index (χ1n) is 6.40. The van der Waals surface area contributed by atoms with Crippen molar-refractivity contribution in [2.75, 3.05) is 34.2 Å². The fourth-order valence-corrected chi connectivity index (χ4v) is 3.25. The third-order valence-electron chi connectivity index (χ3n) is 3.39. The van der Waals surface area contributed by atoms with Crippen molar-refractivity contribution in [3.8, 4) is 0 Å². The van der Waals surface area contributed by atoms with Crippen molar-refractivity contribution >= 4 is 16.1 Å². The molecule has 0 saturated carbocycles. The molecule has 6 nitrogen and oxygen atoms in total. The van der Waals surface area contributed by atoms with Crippen LogP contribution in [0.1, 0.15) is 27.2 Å². The molecule has 1 aliphatic rings. The maximum absolute atomic E-state index is 11.9. The van der Waals surface area contributed by atoms with Crippen LogP contribution in [0.5, 0.6) is 0 Å². The van der Waals surface area contributed by atoms with Crippen molar-refractivity contribution in [2.24, 2.45) is 5.92 Å². The van der Waals surface area contributed by atoms with Crippen molar-refractivity contribution in [1.29, 1.82) is 0 Å². The Morgan fingerprint density at radius 3 is 2.16 bits per heavy atom. The first-order valence-corrected chi connectivity index (χ1v) is 7.80. The fraction of sp³-hybridized carbons (Fsp3) is 0.917. The highest BCUT2D eigenvalue weighted by atomic mass is 32.2. The molecule has 0 bridgehead atoms. The number of hydrogen-bond acceptors (Lipinski definition) is 3. The van der Waals surface area contributed by atoms with Gasteiger partial charge in [0.15, 0.2) is 0 Å². The van der Waals surface area contributed by atoms with Gasteiger partial charge < -0.3 is 4.90 Å². The molecule has 1 amide bonds. The van der Waals surface area contributed by atoms with E-state index in [1.165, 1.54) is 22.7 Å². The lowest BCUT2D eigenvalue weighted by molar-refractivity contribution is -0.131. The first-order chi connectivity index (χ1) is 8.46. The summed E-state index contributed by atoms with van der Waals surface area (Å²) in [5, 5.41) is 0. The highest BCUT2D eigenvalue weighted by molar-refractivity contribution is 7.86. The molecule has 112 valence electrons. The molecule has 1 aliphatic heterocycles. The summed E-state index contributed by atoms with van der Waals surface area (Å²) in [6, 6.07) is 0. The molecule has 0 aliphatic carbocycles. The van der Waals surface area contributed by atoms with Gasteiger partial charge in [0.2, 0.25) is 5.91 Å². The molecule has 1 atom stereocenters. The minimum atomic E-state index is -3.40. The molecule has 19 heavy (non-hydrogen) atoms. The lowest BCUT2D eigenvalue weighted by Crippen LogP contribution is -2.43. The predicted octanol–water partition coefficient (Wildman–Crippen LogP) is 0.372. The number of carbonyl (C=O) groups is 1. The highest BCUT2D eigenvalue weighted by Gasteiger charge is 2.37. The number of nitrogens with zero attached hydrogens (tertiary/aromatic N) is 3. The van der Waals surface area contributed by atoms with Crippen LogP contribution in [0.3, 0.4) is 0 Å². The molecular weight excluding hydrogens is 266 g/mol. The molecular formula is C12H25N3O3S. The van der Waals surface area contributed by atoms with Crippen LogP contribution in [-0.2, 0) is 15.0 Å². The zero-order valence-corrected chi connectivity index (χ0v) is 13.5. The number of likely N-dealkylation sites (tertiary alicyclic amines) is 1. The molecule has 1 fully saturated rings. The van der Waals surface area contributed by atoms with E-state index in [0.717, 1.165) is 0 Å². The third kappa shape index (κ3) is 3.67. The molecule has 7 heteroatoms. The van der Waals surface area contributed by atoms with E-state index in [0.29, 0.717) is 19.5 Å². The lowest BCUT2D eigenvalue weighted by Gasteiger charge is -2.32. The maximum atomic E-state index is 11.9. The van der Waals surface area contributed by atoms with E-state index >= 15 is 0 Å². The van der Waals surface area contributed by atoms with Gasteiger partial charge in [0, 0.05) is 46.2 Å². The van der Waals surface area contributed by atoms with Crippen LogP contribution in [0, 0.1) is 5.92 Å². The van der Waals surface area contributed by atoms with Gasteiger partial charge in [-0.3, -0.25) is 4.79 Å². The van der Waals surface area contributed by atoms with Gasteiger partial charge in [-0.15, -0.1) is 0 Å². The van der Waals surface area contributed by atoms with Crippen LogP contribution in [0.2, 0.25) is 0 Å². The van der Waals surface area contributed by atoms with Gasteiger partial charge in [-0.05, 0) is 26.7 Å². The van der Waals surface area contributed by atoms with Gasteiger partial charge >= 0.3 is 0 Å². The molecule has 1 unspecified atom stereocenters. The molecule has 1 rings (SSSR count). The van der Waals surface area contributed by atoms with Gasteiger partial charge in [0.05, 0.1) is 0 Å². The monoisotopic (exact) mass is 291 g/mol. The summed E-state index contributed by atoms with van der Waals surface area (Å²) in [5.41, 5.74) is -0.204. The van der Waals surface area contributed by atoms with E-state index in [1.54, 1.807) is 7.05 Å². The molecule has 0 radical (unpaired) electrons. The van der Waals surface area contributed by atoms with Crippen molar-refractivity contribution in [3.63, 3.8) is 0 Å². The van der Waals surface area contributed by atoms with Gasteiger partial charge in [-0.25, -0.2) is 0 Å². The summed E-state index contributed by atoms with van der Waals surface area (Å²) >= 11 is 0. The number of amides is 1. The Morgan fingerprint density at radius 2 is 1.79 bits per heavy atom. The highest BCUT2D eigenvalue weighted by Crippen LogP contribution is 2.26. The lowest BCUT2D eigenvalue weighted by atomic mass is 10.1. The summed E-state index contributed by atoms with van der Waals surface area (Å²) in [6.07, 6.45) is 0.421. The minimum Gasteiger partial charge on any atom is -0.338 e. The van der Waals surface area contributed by atoms with E-state index in [1.807, 2.05) is 25.7 Å². The summed E-state index contributed by atoms with van der Waals surface area (Å²) in [4.78, 5) is 13.8. The second-order valence-electron chi connectivity index (χ2n) is 6.32. The van der Waals surface area contributed by atoms with Gasteiger partial charge in [0.25, 0.3) is 10.2 Å². The van der Waals surface area contributed by atoms with E-state index < -0.39 is 10.2 Å². The molecule has 0 aromatic heterocycles. The van der Waals surface area contributed by atoms with E-state index in [4.69, 9.17) is 0 Å². The number of carbonyl (C=O) groups excluding carboxylic acids is 1.